The Kier molecular flexibility index (Phi) is 7.35. The van der Waals surface area contributed by atoms with E-state index < -0.39 is 46.4 Å². The van der Waals surface area contributed by atoms with E-state index in [9.17, 15) is 35.6 Å². The lowest BCUT2D eigenvalue weighted by molar-refractivity contribution is -0.172. The van der Waals surface area contributed by atoms with E-state index in [1.165, 1.54) is 35.0 Å². The average Bonchev–Trinajstić information content (AvgIpc) is 3.34. The Labute approximate surface area is 230 Å². The number of hydrogen-bond acceptors (Lipinski definition) is 5. The molecule has 2 saturated heterocycles. The van der Waals surface area contributed by atoms with Crippen molar-refractivity contribution in [3.63, 3.8) is 0 Å². The zero-order valence-corrected chi connectivity index (χ0v) is 23.0. The van der Waals surface area contributed by atoms with Crippen LogP contribution >= 0.6 is 0 Å². The van der Waals surface area contributed by atoms with Gasteiger partial charge in [-0.2, -0.15) is 21.9 Å². The average molecular weight is 585 g/mol. The highest BCUT2D eigenvalue weighted by atomic mass is 32.2. The van der Waals surface area contributed by atoms with E-state index in [0.717, 1.165) is 36.9 Å². The normalized spacial score (nSPS) is 25.0. The molecule has 1 spiro atoms. The zero-order valence-electron chi connectivity index (χ0n) is 22.1. The van der Waals surface area contributed by atoms with Crippen LogP contribution in [0.3, 0.4) is 0 Å². The van der Waals surface area contributed by atoms with Gasteiger partial charge in [0, 0.05) is 30.0 Å². The quantitative estimate of drug-likeness (QED) is 0.530. The first kappa shape index (κ1) is 28.7. The summed E-state index contributed by atoms with van der Waals surface area (Å²) in [4.78, 5) is 30.6. The highest BCUT2D eigenvalue weighted by Crippen LogP contribution is 2.41. The number of benzene rings is 1. The molecule has 1 aromatic carbocycles. The SMILES string of the molecule is Cc1cc(C(=O)N2CC(F)(F)C(F)(F)C2)ccc1C=CS(=O)(=O)N1CCC2(CC1)N=C(C1CCCCC1)NC2=O. The largest absolute Gasteiger partial charge is 0.329 e. The maximum absolute atomic E-state index is 13.5. The van der Waals surface area contributed by atoms with Crippen LogP contribution in [-0.2, 0) is 14.8 Å². The number of rotatable bonds is 5. The highest BCUT2D eigenvalue weighted by Gasteiger charge is 2.63. The second-order valence-electron chi connectivity index (χ2n) is 11.2. The van der Waals surface area contributed by atoms with Crippen LogP contribution in [0, 0.1) is 12.8 Å². The molecule has 13 heteroatoms. The summed E-state index contributed by atoms with van der Waals surface area (Å²) in [6.45, 7) is -0.868. The number of carbonyl (C=O) groups excluding carboxylic acids is 2. The third-order valence-corrected chi connectivity index (χ3v) is 10.0. The predicted octanol–water partition coefficient (Wildman–Crippen LogP) is 3.97. The van der Waals surface area contributed by atoms with Gasteiger partial charge >= 0.3 is 11.8 Å². The lowest BCUT2D eigenvalue weighted by Crippen LogP contribution is -2.50. The first-order valence-corrected chi connectivity index (χ1v) is 15.0. The number of aliphatic imine (C=N–C) groups is 1. The summed E-state index contributed by atoms with van der Waals surface area (Å²) in [7, 11) is -3.83. The number of amides is 2. The number of hydrogen-bond donors (Lipinski definition) is 1. The molecule has 3 heterocycles. The van der Waals surface area contributed by atoms with Gasteiger partial charge in [-0.1, -0.05) is 25.3 Å². The summed E-state index contributed by atoms with van der Waals surface area (Å²) in [6, 6.07) is 4.09. The van der Waals surface area contributed by atoms with Gasteiger partial charge in [0.1, 0.15) is 11.4 Å². The van der Waals surface area contributed by atoms with Crippen LogP contribution in [0.4, 0.5) is 17.6 Å². The first-order chi connectivity index (χ1) is 18.7. The Hall–Kier alpha value is -2.80. The van der Waals surface area contributed by atoms with Gasteiger partial charge in [0.15, 0.2) is 0 Å². The molecule has 0 radical (unpaired) electrons. The van der Waals surface area contributed by atoms with Crippen molar-refractivity contribution in [2.75, 3.05) is 26.2 Å². The predicted molar refractivity (Wildman–Crippen MR) is 141 cm³/mol. The van der Waals surface area contributed by atoms with E-state index in [2.05, 4.69) is 5.32 Å². The Morgan fingerprint density at radius 2 is 1.68 bits per heavy atom. The molecule has 1 aliphatic carbocycles. The molecule has 218 valence electrons. The van der Waals surface area contributed by atoms with Crippen molar-refractivity contribution in [3.8, 4) is 0 Å². The molecule has 8 nitrogen and oxygen atoms in total. The molecular formula is C27H32F4N4O4S. The van der Waals surface area contributed by atoms with Crippen LogP contribution < -0.4 is 5.32 Å². The monoisotopic (exact) mass is 584 g/mol. The van der Waals surface area contributed by atoms with Gasteiger partial charge in [0.05, 0.1) is 13.1 Å². The fraction of sp³-hybridized carbons (Fsp3) is 0.593. The van der Waals surface area contributed by atoms with Gasteiger partial charge in [-0.15, -0.1) is 0 Å². The second kappa shape index (κ2) is 10.2. The molecule has 1 N–H and O–H groups in total. The zero-order chi connectivity index (χ0) is 28.9. The van der Waals surface area contributed by atoms with E-state index in [4.69, 9.17) is 4.99 Å². The fourth-order valence-electron chi connectivity index (χ4n) is 5.89. The summed E-state index contributed by atoms with van der Waals surface area (Å²) in [5.74, 6) is -8.71. The van der Waals surface area contributed by atoms with Crippen molar-refractivity contribution in [2.24, 2.45) is 10.9 Å². The maximum Gasteiger partial charge on any atom is 0.329 e. The van der Waals surface area contributed by atoms with E-state index in [0.29, 0.717) is 16.0 Å². The number of sulfonamides is 1. The van der Waals surface area contributed by atoms with Crippen LogP contribution in [-0.4, -0.2) is 78.8 Å². The molecule has 1 aromatic rings. The minimum absolute atomic E-state index is 0.0460. The van der Waals surface area contributed by atoms with Crippen LogP contribution in [0.1, 0.15) is 66.4 Å². The van der Waals surface area contributed by atoms with Crippen LogP contribution in [0.2, 0.25) is 0 Å². The number of alkyl halides is 4. The molecule has 4 aliphatic rings. The second-order valence-corrected chi connectivity index (χ2v) is 13.0. The minimum Gasteiger partial charge on any atom is -0.326 e. The van der Waals surface area contributed by atoms with Crippen LogP contribution in [0.5, 0.6) is 0 Å². The number of amidine groups is 1. The van der Waals surface area contributed by atoms with Gasteiger partial charge in [-0.05, 0) is 61.9 Å². The van der Waals surface area contributed by atoms with Crippen LogP contribution in [0.25, 0.3) is 6.08 Å². The molecule has 0 unspecified atom stereocenters. The Morgan fingerprint density at radius 3 is 2.27 bits per heavy atom. The van der Waals surface area contributed by atoms with Gasteiger partial charge in [0.25, 0.3) is 11.8 Å². The summed E-state index contributed by atoms with van der Waals surface area (Å²) in [6.07, 6.45) is 7.34. The summed E-state index contributed by atoms with van der Waals surface area (Å²) >= 11 is 0. The Bertz CT molecular complexity index is 1350. The van der Waals surface area contributed by atoms with Crippen molar-refractivity contribution < 1.29 is 35.6 Å². The molecule has 40 heavy (non-hydrogen) atoms. The molecule has 3 aliphatic heterocycles. The van der Waals surface area contributed by atoms with Gasteiger partial charge in [-0.25, -0.2) is 8.42 Å². The first-order valence-electron chi connectivity index (χ1n) is 13.5. The molecule has 0 aromatic heterocycles. The number of aryl methyl sites for hydroxylation is 1. The van der Waals surface area contributed by atoms with E-state index in [1.54, 1.807) is 6.92 Å². The Morgan fingerprint density at radius 1 is 1.05 bits per heavy atom. The number of nitrogens with zero attached hydrogens (tertiary/aromatic N) is 3. The molecule has 2 amide bonds. The third-order valence-electron chi connectivity index (χ3n) is 8.44. The smallest absolute Gasteiger partial charge is 0.326 e. The molecule has 0 atom stereocenters. The third kappa shape index (κ3) is 5.29. The van der Waals surface area contributed by atoms with E-state index in [1.807, 2.05) is 0 Å². The Balaban J connectivity index is 1.22. The van der Waals surface area contributed by atoms with Crippen molar-refractivity contribution in [2.45, 2.75) is 69.3 Å². The van der Waals surface area contributed by atoms with E-state index in [-0.39, 0.29) is 43.3 Å². The molecule has 0 bridgehead atoms. The van der Waals surface area contributed by atoms with E-state index >= 15 is 0 Å². The lowest BCUT2D eigenvalue weighted by Gasteiger charge is -2.34. The number of halogens is 4. The highest BCUT2D eigenvalue weighted by molar-refractivity contribution is 7.92. The number of piperidine rings is 1. The van der Waals surface area contributed by atoms with Gasteiger partial charge in [-0.3, -0.25) is 14.6 Å². The molecular weight excluding hydrogens is 552 g/mol. The molecule has 3 fully saturated rings. The van der Waals surface area contributed by atoms with Crippen LogP contribution in [0.15, 0.2) is 28.6 Å². The summed E-state index contributed by atoms with van der Waals surface area (Å²) < 4.78 is 81.4. The van der Waals surface area contributed by atoms with Crippen molar-refractivity contribution in [1.29, 1.82) is 0 Å². The number of nitrogens with one attached hydrogen (secondary N) is 1. The molecule has 1 saturated carbocycles. The fourth-order valence-corrected chi connectivity index (χ4v) is 7.08. The number of likely N-dealkylation sites (tertiary alicyclic amines) is 1. The standard InChI is InChI=1S/C27H32F4N4O4S/c1-18-15-21(23(36)34-16-26(28,29)27(30,31)17-34)8-7-19(18)9-14-40(38,39)35-12-10-25(11-13-35)24(37)32-22(33-25)20-5-3-2-4-6-20/h7-9,14-15,20H,2-6,10-13,16-17H2,1H3,(H,32,33,37). The topological polar surface area (TPSA) is 99.2 Å². The summed E-state index contributed by atoms with van der Waals surface area (Å²) in [5, 5.41) is 4.00. The maximum atomic E-state index is 13.5. The molecule has 5 rings (SSSR count). The van der Waals surface area contributed by atoms with Gasteiger partial charge in [0.2, 0.25) is 10.0 Å². The number of carbonyl (C=O) groups is 2. The minimum atomic E-state index is -4.30. The van der Waals surface area contributed by atoms with Crippen molar-refractivity contribution in [3.05, 3.63) is 40.3 Å². The lowest BCUT2D eigenvalue weighted by atomic mass is 9.88. The van der Waals surface area contributed by atoms with Gasteiger partial charge < -0.3 is 10.2 Å². The summed E-state index contributed by atoms with van der Waals surface area (Å²) in [5.41, 5.74) is -0.0391. The van der Waals surface area contributed by atoms with Crippen molar-refractivity contribution in [1.82, 2.24) is 14.5 Å². The van der Waals surface area contributed by atoms with Crippen molar-refractivity contribution >= 4 is 33.7 Å².